The molecule has 3 rings (SSSR count). The Morgan fingerprint density at radius 2 is 2.09 bits per heavy atom. The van der Waals surface area contributed by atoms with Crippen molar-refractivity contribution in [3.8, 4) is 10.6 Å². The topological polar surface area (TPSA) is 70.1 Å². The van der Waals surface area contributed by atoms with E-state index in [-0.39, 0.29) is 5.91 Å². The highest BCUT2D eigenvalue weighted by atomic mass is 32.1. The van der Waals surface area contributed by atoms with Crippen LogP contribution in [0.3, 0.4) is 0 Å². The number of hydrogen-bond acceptors (Lipinski definition) is 4. The van der Waals surface area contributed by atoms with Crippen molar-refractivity contribution in [1.29, 1.82) is 0 Å². The largest absolute Gasteiger partial charge is 0.291 e. The van der Waals surface area contributed by atoms with Gasteiger partial charge in [-0.25, -0.2) is 5.43 Å². The Labute approximate surface area is 137 Å². The lowest BCUT2D eigenvalue weighted by Gasteiger charge is -1.93. The average Bonchev–Trinajstić information content (AvgIpc) is 3.26. The van der Waals surface area contributed by atoms with E-state index in [1.165, 1.54) is 6.21 Å². The fourth-order valence-corrected chi connectivity index (χ4v) is 2.60. The summed E-state index contributed by atoms with van der Waals surface area (Å²) in [5, 5.41) is 12.7. The molecule has 5 nitrogen and oxygen atoms in total. The van der Waals surface area contributed by atoms with E-state index >= 15 is 0 Å². The molecule has 114 valence electrons. The molecule has 2 aromatic heterocycles. The molecule has 3 aromatic rings. The lowest BCUT2D eigenvalue weighted by Crippen LogP contribution is -2.17. The lowest BCUT2D eigenvalue weighted by atomic mass is 10.2. The van der Waals surface area contributed by atoms with Crippen LogP contribution in [0.5, 0.6) is 0 Å². The molecule has 0 aliphatic rings. The molecule has 0 fully saturated rings. The van der Waals surface area contributed by atoms with Gasteiger partial charge < -0.3 is 0 Å². The van der Waals surface area contributed by atoms with Crippen LogP contribution in [-0.4, -0.2) is 22.3 Å². The van der Waals surface area contributed by atoms with Gasteiger partial charge in [-0.2, -0.15) is 10.2 Å². The van der Waals surface area contributed by atoms with Crippen LogP contribution in [0, 0.1) is 0 Å². The number of amides is 1. The summed E-state index contributed by atoms with van der Waals surface area (Å²) in [6.07, 6.45) is 5.19. The Hall–Kier alpha value is -2.99. The summed E-state index contributed by atoms with van der Waals surface area (Å²) < 4.78 is 0. The third-order valence-electron chi connectivity index (χ3n) is 3.01. The van der Waals surface area contributed by atoms with Crippen LogP contribution in [0.15, 0.2) is 65.1 Å². The normalized spacial score (nSPS) is 11.3. The summed E-state index contributed by atoms with van der Waals surface area (Å²) >= 11 is 1.58. The van der Waals surface area contributed by atoms with E-state index in [0.717, 1.165) is 16.1 Å². The van der Waals surface area contributed by atoms with Gasteiger partial charge in [0.05, 0.1) is 10.6 Å². The van der Waals surface area contributed by atoms with Crippen molar-refractivity contribution in [2.75, 3.05) is 0 Å². The zero-order valence-electron chi connectivity index (χ0n) is 12.1. The molecule has 0 radical (unpaired) electrons. The first-order chi connectivity index (χ1) is 11.3. The maximum absolute atomic E-state index is 11.9. The fourth-order valence-electron chi connectivity index (χ4n) is 1.91. The third-order valence-corrected chi connectivity index (χ3v) is 3.92. The second-order valence-corrected chi connectivity index (χ2v) is 5.58. The Balaban J connectivity index is 1.55. The van der Waals surface area contributed by atoms with E-state index in [1.807, 2.05) is 53.9 Å². The van der Waals surface area contributed by atoms with Gasteiger partial charge in [0.25, 0.3) is 5.91 Å². The first-order valence-corrected chi connectivity index (χ1v) is 7.85. The van der Waals surface area contributed by atoms with Gasteiger partial charge in [0.1, 0.15) is 0 Å². The quantitative estimate of drug-likeness (QED) is 0.557. The molecule has 23 heavy (non-hydrogen) atoms. The van der Waals surface area contributed by atoms with Gasteiger partial charge in [0.2, 0.25) is 0 Å². The Morgan fingerprint density at radius 1 is 1.22 bits per heavy atom. The number of benzene rings is 1. The van der Waals surface area contributed by atoms with E-state index in [0.29, 0.717) is 5.69 Å². The van der Waals surface area contributed by atoms with Gasteiger partial charge in [-0.1, -0.05) is 42.5 Å². The molecular formula is C17H14N4OS. The van der Waals surface area contributed by atoms with E-state index in [4.69, 9.17) is 0 Å². The van der Waals surface area contributed by atoms with E-state index < -0.39 is 0 Å². The number of carbonyl (C=O) groups is 1. The molecule has 0 bridgehead atoms. The van der Waals surface area contributed by atoms with Crippen molar-refractivity contribution in [3.63, 3.8) is 0 Å². The van der Waals surface area contributed by atoms with Crippen molar-refractivity contribution in [3.05, 3.63) is 71.2 Å². The number of nitrogens with zero attached hydrogens (tertiary/aromatic N) is 2. The van der Waals surface area contributed by atoms with Crippen LogP contribution in [-0.2, 0) is 0 Å². The average molecular weight is 322 g/mol. The molecule has 0 saturated heterocycles. The zero-order chi connectivity index (χ0) is 15.9. The van der Waals surface area contributed by atoms with E-state index in [9.17, 15) is 4.79 Å². The summed E-state index contributed by atoms with van der Waals surface area (Å²) in [4.78, 5) is 13.0. The minimum atomic E-state index is -0.353. The molecule has 0 saturated carbocycles. The predicted molar refractivity (Wildman–Crippen MR) is 93.3 cm³/mol. The van der Waals surface area contributed by atoms with E-state index in [2.05, 4.69) is 20.7 Å². The van der Waals surface area contributed by atoms with Crippen LogP contribution in [0.2, 0.25) is 0 Å². The molecule has 6 heteroatoms. The van der Waals surface area contributed by atoms with Crippen molar-refractivity contribution < 1.29 is 4.79 Å². The van der Waals surface area contributed by atoms with Crippen molar-refractivity contribution >= 4 is 29.5 Å². The standard InChI is InChI=1S/C17H14N4OS/c22-17(15-12-14(19-20-15)16-9-5-11-23-16)21-18-10-4-8-13-6-2-1-3-7-13/h1-12H,(H,19,20)(H,21,22)/b8-4+,18-10-. The molecule has 0 aliphatic heterocycles. The molecule has 1 aromatic carbocycles. The van der Waals surface area contributed by atoms with Crippen molar-refractivity contribution in [1.82, 2.24) is 15.6 Å². The predicted octanol–water partition coefficient (Wildman–Crippen LogP) is 3.57. The molecule has 2 heterocycles. The maximum Gasteiger partial charge on any atom is 0.291 e. The minimum Gasteiger partial charge on any atom is -0.276 e. The highest BCUT2D eigenvalue weighted by Crippen LogP contribution is 2.22. The van der Waals surface area contributed by atoms with Gasteiger partial charge in [-0.15, -0.1) is 11.3 Å². The van der Waals surface area contributed by atoms with Gasteiger partial charge in [-0.3, -0.25) is 9.89 Å². The smallest absolute Gasteiger partial charge is 0.276 e. The SMILES string of the molecule is O=C(N/N=C\C=C\c1ccccc1)c1cc(-c2cccs2)[nH]n1. The van der Waals surface area contributed by atoms with Gasteiger partial charge >= 0.3 is 0 Å². The molecule has 2 N–H and O–H groups in total. The number of H-pyrrole nitrogens is 1. The third kappa shape index (κ3) is 4.02. The first kappa shape index (κ1) is 14.9. The summed E-state index contributed by atoms with van der Waals surface area (Å²) in [5.41, 5.74) is 4.63. The number of allylic oxidation sites excluding steroid dienone is 1. The van der Waals surface area contributed by atoms with Crippen LogP contribution in [0.25, 0.3) is 16.6 Å². The number of nitrogens with one attached hydrogen (secondary N) is 2. The fraction of sp³-hybridized carbons (Fsp3) is 0. The number of aromatic nitrogens is 2. The van der Waals surface area contributed by atoms with Gasteiger partial charge in [-0.05, 0) is 29.2 Å². The number of rotatable bonds is 5. The Bertz CT molecular complexity index is 819. The molecular weight excluding hydrogens is 308 g/mol. The molecule has 1 amide bonds. The minimum absolute atomic E-state index is 0.303. The molecule has 0 spiro atoms. The zero-order valence-corrected chi connectivity index (χ0v) is 13.0. The highest BCUT2D eigenvalue weighted by molar-refractivity contribution is 7.13. The monoisotopic (exact) mass is 322 g/mol. The lowest BCUT2D eigenvalue weighted by molar-refractivity contribution is 0.0950. The number of hydrazone groups is 1. The second kappa shape index (κ2) is 7.33. The molecule has 0 atom stereocenters. The van der Waals surface area contributed by atoms with Crippen LogP contribution >= 0.6 is 11.3 Å². The highest BCUT2D eigenvalue weighted by Gasteiger charge is 2.10. The number of carbonyl (C=O) groups excluding carboxylic acids is 1. The van der Waals surface area contributed by atoms with Crippen LogP contribution in [0.1, 0.15) is 16.1 Å². The summed E-state index contributed by atoms with van der Waals surface area (Å²) in [6.45, 7) is 0. The second-order valence-electron chi connectivity index (χ2n) is 4.63. The molecule has 0 aliphatic carbocycles. The maximum atomic E-state index is 11.9. The van der Waals surface area contributed by atoms with Gasteiger partial charge in [0.15, 0.2) is 5.69 Å². The molecule has 0 unspecified atom stereocenters. The van der Waals surface area contributed by atoms with E-state index in [1.54, 1.807) is 23.5 Å². The summed E-state index contributed by atoms with van der Waals surface area (Å²) in [7, 11) is 0. The summed E-state index contributed by atoms with van der Waals surface area (Å²) in [5.74, 6) is -0.353. The van der Waals surface area contributed by atoms with Gasteiger partial charge in [0, 0.05) is 6.21 Å². The van der Waals surface area contributed by atoms with Crippen molar-refractivity contribution in [2.24, 2.45) is 5.10 Å². The number of hydrogen-bond donors (Lipinski definition) is 2. The number of thiophene rings is 1. The summed E-state index contributed by atoms with van der Waals surface area (Å²) in [6, 6.07) is 15.5. The van der Waals surface area contributed by atoms with Crippen LogP contribution < -0.4 is 5.43 Å². The first-order valence-electron chi connectivity index (χ1n) is 6.97. The Kier molecular flexibility index (Phi) is 4.76. The Morgan fingerprint density at radius 3 is 2.87 bits per heavy atom. The number of aromatic amines is 1. The van der Waals surface area contributed by atoms with Crippen molar-refractivity contribution in [2.45, 2.75) is 0 Å². The van der Waals surface area contributed by atoms with Crippen LogP contribution in [0.4, 0.5) is 0 Å².